The van der Waals surface area contributed by atoms with Gasteiger partial charge in [-0.05, 0) is 12.6 Å². The van der Waals surface area contributed by atoms with Crippen LogP contribution in [0.3, 0.4) is 0 Å². The molecule has 0 N–H and O–H groups in total. The van der Waals surface area contributed by atoms with Crippen LogP contribution in [0.25, 0.3) is 0 Å². The van der Waals surface area contributed by atoms with E-state index in [0.717, 1.165) is 34.9 Å². The van der Waals surface area contributed by atoms with E-state index in [0.29, 0.717) is 0 Å². The molecule has 0 aliphatic carbocycles. The maximum atomic E-state index is 4.22. The van der Waals surface area contributed by atoms with Crippen LogP contribution >= 0.6 is 37.9 Å². The van der Waals surface area contributed by atoms with E-state index in [4.69, 9.17) is 0 Å². The Morgan fingerprint density at radius 1 is 0.923 bits per heavy atom. The van der Waals surface area contributed by atoms with Crippen LogP contribution in [0.1, 0.15) is 0 Å². The summed E-state index contributed by atoms with van der Waals surface area (Å²) in [7, 11) is 0. The van der Waals surface area contributed by atoms with Crippen LogP contribution in [0.5, 0.6) is 0 Å². The zero-order valence-electron chi connectivity index (χ0n) is 6.88. The van der Waals surface area contributed by atoms with E-state index in [9.17, 15) is 0 Å². The van der Waals surface area contributed by atoms with Gasteiger partial charge < -0.3 is 0 Å². The summed E-state index contributed by atoms with van der Waals surface area (Å²) < 4.78 is 5.99. The second kappa shape index (κ2) is 6.67. The molecule has 2 nitrogen and oxygen atoms in total. The van der Waals surface area contributed by atoms with E-state index in [-0.39, 0.29) is 16.5 Å². The maximum absolute atomic E-state index is 4.22. The molecule has 1 fully saturated rings. The maximum Gasteiger partial charge on any atom is 2.00 e. The zero-order chi connectivity index (χ0) is 9.14. The summed E-state index contributed by atoms with van der Waals surface area (Å²) in [5.41, 5.74) is 0. The topological polar surface area (TPSA) is 6.02 Å². The van der Waals surface area contributed by atoms with Crippen LogP contribution in [0.2, 0.25) is 0 Å². The van der Waals surface area contributed by atoms with Crippen molar-refractivity contribution in [2.45, 2.75) is 0 Å². The number of nitrogens with zero attached hydrogens (tertiary/aromatic N) is 2. The van der Waals surface area contributed by atoms with Crippen LogP contribution in [0.4, 0.5) is 0 Å². The van der Waals surface area contributed by atoms with Crippen LogP contribution in [-0.4, -0.2) is 44.1 Å². The molecule has 7 heteroatoms. The summed E-state index contributed by atoms with van der Waals surface area (Å²) in [5, 5.41) is 0. The molecule has 1 aliphatic heterocycles. The summed E-state index contributed by atoms with van der Waals surface area (Å²) in [6, 6.07) is 0. The van der Waals surface area contributed by atoms with Crippen molar-refractivity contribution in [1.29, 1.82) is 0 Å². The molecule has 0 amide bonds. The molecule has 0 aromatic heterocycles. The Kier molecular flexibility index (Phi) is 7.30. The van der Waals surface area contributed by atoms with Gasteiger partial charge in [-0.2, -0.15) is 4.58 Å². The van der Waals surface area contributed by atoms with Gasteiger partial charge in [0.05, 0.1) is 12.6 Å². The molecular formula is C6H13N2NiS4+5. The van der Waals surface area contributed by atoms with E-state index < -0.39 is 0 Å². The van der Waals surface area contributed by atoms with E-state index in [1.807, 2.05) is 0 Å². The van der Waals surface area contributed by atoms with Gasteiger partial charge in [-0.15, -0.1) is 0 Å². The molecule has 1 heterocycles. The van der Waals surface area contributed by atoms with Crippen molar-refractivity contribution >= 4 is 59.3 Å². The number of rotatable bonds is 0. The number of thiol groups is 3. The van der Waals surface area contributed by atoms with Crippen molar-refractivity contribution in [2.24, 2.45) is 0 Å². The monoisotopic (exact) mass is 299 g/mol. The second-order valence-electron chi connectivity index (χ2n) is 2.60. The van der Waals surface area contributed by atoms with Gasteiger partial charge in [0.1, 0.15) is 0 Å². The molecule has 0 radical (unpaired) electrons. The molecule has 0 aromatic carbocycles. The predicted molar refractivity (Wildman–Crippen MR) is 67.1 cm³/mol. The summed E-state index contributed by atoms with van der Waals surface area (Å²) >= 11 is 15.9. The number of hydrogen-bond acceptors (Lipinski definition) is 0. The Morgan fingerprint density at radius 3 is 1.62 bits per heavy atom. The normalized spacial score (nSPS) is 16.6. The van der Waals surface area contributed by atoms with Gasteiger partial charge in [-0.3, -0.25) is 0 Å². The van der Waals surface area contributed by atoms with Gasteiger partial charge >= 0.3 is 20.9 Å². The summed E-state index contributed by atoms with van der Waals surface area (Å²) in [4.78, 5) is 0. The fourth-order valence-corrected chi connectivity index (χ4v) is 1.94. The van der Waals surface area contributed by atoms with Crippen molar-refractivity contribution in [2.75, 3.05) is 26.2 Å². The third kappa shape index (κ3) is 4.51. The Labute approximate surface area is 110 Å². The van der Waals surface area contributed by atoms with Gasteiger partial charge in [-0.1, -0.05) is 25.3 Å². The zero-order valence-corrected chi connectivity index (χ0v) is 11.6. The Morgan fingerprint density at radius 2 is 1.31 bits per heavy atom. The minimum atomic E-state index is 0. The average Bonchev–Trinajstić information content (AvgIpc) is 2.04. The fraction of sp³-hybridized carbons (Fsp3) is 0.667. The third-order valence-electron chi connectivity index (χ3n) is 1.86. The smallest absolute Gasteiger partial charge is 0.206 e. The minimum Gasteiger partial charge on any atom is -0.206 e. The molecule has 0 atom stereocenters. The van der Waals surface area contributed by atoms with Crippen LogP contribution in [0.15, 0.2) is 0 Å². The first-order chi connectivity index (χ1) is 5.61. The van der Waals surface area contributed by atoms with E-state index >= 15 is 0 Å². The fourth-order valence-electron chi connectivity index (χ4n) is 1.12. The third-order valence-corrected chi connectivity index (χ3v) is 3.03. The molecular weight excluding hydrogens is 287 g/mol. The average molecular weight is 300 g/mol. The largest absolute Gasteiger partial charge is 2.00 e. The molecule has 1 rings (SSSR count). The Balaban J connectivity index is 0.00000144. The molecule has 76 valence electrons. The number of piperazine rings is 1. The molecule has 1 saturated heterocycles. The quantitative estimate of drug-likeness (QED) is 0.175. The van der Waals surface area contributed by atoms with Gasteiger partial charge in [0.25, 0.3) is 4.38 Å². The van der Waals surface area contributed by atoms with Gasteiger partial charge in [0, 0.05) is 0 Å². The summed E-state index contributed by atoms with van der Waals surface area (Å²) in [5.74, 6) is 0. The first-order valence-electron chi connectivity index (χ1n) is 3.63. The first kappa shape index (κ1) is 14.2. The van der Waals surface area contributed by atoms with Crippen molar-refractivity contribution in [3.05, 3.63) is 0 Å². The second-order valence-corrected chi connectivity index (χ2v) is 5.12. The Hall–Kier alpha value is 1.23. The SMILES string of the molecule is SC(S)=[N+]1CC[N+](=C(S)[SH2+])CC1.[Ni+2]. The van der Waals surface area contributed by atoms with Crippen molar-refractivity contribution in [1.82, 2.24) is 0 Å². The molecule has 0 saturated carbocycles. The van der Waals surface area contributed by atoms with E-state index in [2.05, 4.69) is 59.7 Å². The van der Waals surface area contributed by atoms with Gasteiger partial charge in [0.15, 0.2) is 0 Å². The van der Waals surface area contributed by atoms with Crippen molar-refractivity contribution in [3.63, 3.8) is 0 Å². The molecule has 1 aliphatic rings. The van der Waals surface area contributed by atoms with Crippen LogP contribution in [0, 0.1) is 0 Å². The first-order valence-corrected chi connectivity index (χ1v) is 5.47. The van der Waals surface area contributed by atoms with Gasteiger partial charge in [0.2, 0.25) is 26.2 Å². The van der Waals surface area contributed by atoms with Gasteiger partial charge in [-0.25, -0.2) is 4.58 Å². The van der Waals surface area contributed by atoms with Crippen LogP contribution < -0.4 is 0 Å². The van der Waals surface area contributed by atoms with Crippen molar-refractivity contribution in [3.8, 4) is 0 Å². The van der Waals surface area contributed by atoms with E-state index in [1.54, 1.807) is 0 Å². The molecule has 0 bridgehead atoms. The number of hydrogen-bond donors (Lipinski definition) is 3. The molecule has 13 heavy (non-hydrogen) atoms. The molecule has 0 spiro atoms. The minimum absolute atomic E-state index is 0. The summed E-state index contributed by atoms with van der Waals surface area (Å²) in [6.45, 7) is 3.84. The predicted octanol–water partition coefficient (Wildman–Crippen LogP) is -0.465. The molecule has 0 unspecified atom stereocenters. The summed E-state index contributed by atoms with van der Waals surface area (Å²) in [6.07, 6.45) is 0. The standard InChI is InChI=1S/C6H10N2S4.Ni/c9-5(10)7-1-2-8(4-3-7)6(11)12;/h1-4H2,(H2,9,10,11,12);/q;+2/p+3. The Bertz CT molecular complexity index is 205. The van der Waals surface area contributed by atoms with Crippen molar-refractivity contribution < 1.29 is 25.6 Å². The molecule has 0 aromatic rings. The van der Waals surface area contributed by atoms with E-state index in [1.165, 1.54) is 0 Å². The van der Waals surface area contributed by atoms with Crippen LogP contribution in [-0.2, 0) is 29.1 Å².